The summed E-state index contributed by atoms with van der Waals surface area (Å²) in [5.41, 5.74) is 0.0510. The van der Waals surface area contributed by atoms with Crippen molar-refractivity contribution >= 4 is 5.97 Å². The van der Waals surface area contributed by atoms with Crippen molar-refractivity contribution in [2.45, 2.75) is 97.2 Å². The molecule has 1 fully saturated rings. The van der Waals surface area contributed by atoms with Crippen LogP contribution in [0, 0.1) is 5.92 Å². The third-order valence-corrected chi connectivity index (χ3v) is 4.04. The Bertz CT molecular complexity index is 301. The zero-order valence-corrected chi connectivity index (χ0v) is 14.2. The first kappa shape index (κ1) is 17.5. The Hall–Kier alpha value is -0.570. The molecule has 1 aliphatic heterocycles. The first-order valence-corrected chi connectivity index (χ1v) is 8.19. The molecule has 3 heteroatoms. The van der Waals surface area contributed by atoms with Crippen molar-refractivity contribution < 1.29 is 9.53 Å². The Morgan fingerprint density at radius 1 is 1.10 bits per heavy atom. The lowest BCUT2D eigenvalue weighted by Gasteiger charge is -2.46. The van der Waals surface area contributed by atoms with Crippen LogP contribution in [0.2, 0.25) is 0 Å². The number of carbonyl (C=O) groups excluding carboxylic acids is 1. The van der Waals surface area contributed by atoms with Crippen LogP contribution in [-0.2, 0) is 9.53 Å². The number of rotatable bonds is 6. The number of carbonyl (C=O) groups is 1. The summed E-state index contributed by atoms with van der Waals surface area (Å²) in [5, 5.41) is 3.62. The Labute approximate surface area is 124 Å². The van der Waals surface area contributed by atoms with Crippen molar-refractivity contribution in [1.82, 2.24) is 5.32 Å². The van der Waals surface area contributed by atoms with Crippen LogP contribution in [0.1, 0.15) is 80.1 Å². The lowest BCUT2D eigenvalue weighted by molar-refractivity contribution is -0.158. The Kier molecular flexibility index (Phi) is 6.06. The van der Waals surface area contributed by atoms with Crippen LogP contribution in [0.3, 0.4) is 0 Å². The minimum Gasteiger partial charge on any atom is -0.462 e. The molecule has 0 aromatic carbocycles. The minimum atomic E-state index is 0.0206. The van der Waals surface area contributed by atoms with Gasteiger partial charge in [-0.25, -0.2) is 0 Å². The predicted octanol–water partition coefficient (Wildman–Crippen LogP) is 4.06. The molecule has 1 N–H and O–H groups in total. The molecule has 0 aliphatic carbocycles. The second kappa shape index (κ2) is 6.93. The molecule has 118 valence electrons. The van der Waals surface area contributed by atoms with Gasteiger partial charge in [0.15, 0.2) is 0 Å². The number of ether oxygens (including phenoxy) is 1. The third kappa shape index (κ3) is 5.43. The molecular formula is C17H33NO2. The zero-order chi connectivity index (χ0) is 15.4. The Morgan fingerprint density at radius 2 is 1.55 bits per heavy atom. The van der Waals surface area contributed by atoms with E-state index in [1.165, 1.54) is 0 Å². The maximum absolute atomic E-state index is 12.4. The third-order valence-electron chi connectivity index (χ3n) is 4.04. The van der Waals surface area contributed by atoms with Gasteiger partial charge in [-0.1, -0.05) is 26.7 Å². The predicted molar refractivity (Wildman–Crippen MR) is 83.7 cm³/mol. The van der Waals surface area contributed by atoms with Crippen LogP contribution < -0.4 is 5.32 Å². The minimum absolute atomic E-state index is 0.0206. The standard InChI is InChI=1S/C17H33NO2/c1-7-9-13(10-8-2)15(19)20-14-11-16(3,4)18-17(5,6)12-14/h13-14,18H,7-12H2,1-6H3. The van der Waals surface area contributed by atoms with Crippen molar-refractivity contribution in [1.29, 1.82) is 0 Å². The van der Waals surface area contributed by atoms with Crippen molar-refractivity contribution in [2.24, 2.45) is 5.92 Å². The molecule has 1 saturated heterocycles. The van der Waals surface area contributed by atoms with E-state index in [-0.39, 0.29) is 29.1 Å². The Balaban J connectivity index is 2.64. The summed E-state index contributed by atoms with van der Waals surface area (Å²) in [7, 11) is 0. The highest BCUT2D eigenvalue weighted by atomic mass is 16.5. The highest BCUT2D eigenvalue weighted by Crippen LogP contribution is 2.31. The van der Waals surface area contributed by atoms with Gasteiger partial charge in [-0.15, -0.1) is 0 Å². The lowest BCUT2D eigenvalue weighted by atomic mass is 9.81. The van der Waals surface area contributed by atoms with Gasteiger partial charge in [-0.05, 0) is 40.5 Å². The van der Waals surface area contributed by atoms with Crippen LogP contribution in [0.25, 0.3) is 0 Å². The first-order valence-electron chi connectivity index (χ1n) is 8.19. The van der Waals surface area contributed by atoms with E-state index in [4.69, 9.17) is 4.74 Å². The van der Waals surface area contributed by atoms with Gasteiger partial charge in [0, 0.05) is 23.9 Å². The molecule has 0 radical (unpaired) electrons. The monoisotopic (exact) mass is 283 g/mol. The molecule has 0 aromatic heterocycles. The molecule has 20 heavy (non-hydrogen) atoms. The fraction of sp³-hybridized carbons (Fsp3) is 0.941. The van der Waals surface area contributed by atoms with Crippen LogP contribution in [-0.4, -0.2) is 23.2 Å². The smallest absolute Gasteiger partial charge is 0.309 e. The number of nitrogens with one attached hydrogen (secondary N) is 1. The average Bonchev–Trinajstić information content (AvgIpc) is 2.24. The topological polar surface area (TPSA) is 38.3 Å². The number of hydrogen-bond donors (Lipinski definition) is 1. The molecule has 0 aromatic rings. The summed E-state index contributed by atoms with van der Waals surface area (Å²) in [6.45, 7) is 13.0. The lowest BCUT2D eigenvalue weighted by Crippen LogP contribution is -2.59. The summed E-state index contributed by atoms with van der Waals surface area (Å²) in [6, 6.07) is 0. The second-order valence-corrected chi connectivity index (χ2v) is 7.63. The molecule has 1 heterocycles. The van der Waals surface area contributed by atoms with Gasteiger partial charge in [0.2, 0.25) is 0 Å². The zero-order valence-electron chi connectivity index (χ0n) is 14.2. The molecule has 0 unspecified atom stereocenters. The summed E-state index contributed by atoms with van der Waals surface area (Å²) < 4.78 is 5.85. The van der Waals surface area contributed by atoms with Gasteiger partial charge >= 0.3 is 5.97 Å². The van der Waals surface area contributed by atoms with E-state index in [0.29, 0.717) is 0 Å². The average molecular weight is 283 g/mol. The second-order valence-electron chi connectivity index (χ2n) is 7.63. The van der Waals surface area contributed by atoms with Gasteiger partial charge in [0.05, 0.1) is 5.92 Å². The summed E-state index contributed by atoms with van der Waals surface area (Å²) in [5.74, 6) is 0.110. The van der Waals surface area contributed by atoms with Gasteiger partial charge < -0.3 is 10.1 Å². The van der Waals surface area contributed by atoms with E-state index >= 15 is 0 Å². The highest BCUT2D eigenvalue weighted by molar-refractivity contribution is 5.72. The summed E-state index contributed by atoms with van der Waals surface area (Å²) >= 11 is 0. The molecular weight excluding hydrogens is 250 g/mol. The van der Waals surface area contributed by atoms with Crippen molar-refractivity contribution in [3.8, 4) is 0 Å². The van der Waals surface area contributed by atoms with Crippen molar-refractivity contribution in [3.05, 3.63) is 0 Å². The molecule has 0 amide bonds. The molecule has 1 aliphatic rings. The fourth-order valence-electron chi connectivity index (χ4n) is 3.65. The van der Waals surface area contributed by atoms with E-state index in [1.54, 1.807) is 0 Å². The summed E-state index contributed by atoms with van der Waals surface area (Å²) in [6.07, 6.45) is 5.83. The maximum Gasteiger partial charge on any atom is 0.309 e. The van der Waals surface area contributed by atoms with E-state index in [1.807, 2.05) is 0 Å². The van der Waals surface area contributed by atoms with Gasteiger partial charge in [0.1, 0.15) is 6.10 Å². The van der Waals surface area contributed by atoms with Crippen LogP contribution in [0.4, 0.5) is 0 Å². The molecule has 1 rings (SSSR count). The molecule has 3 nitrogen and oxygen atoms in total. The van der Waals surface area contributed by atoms with E-state index in [0.717, 1.165) is 38.5 Å². The quantitative estimate of drug-likeness (QED) is 0.747. The van der Waals surface area contributed by atoms with E-state index in [9.17, 15) is 4.79 Å². The van der Waals surface area contributed by atoms with Crippen LogP contribution >= 0.6 is 0 Å². The molecule has 0 spiro atoms. The number of hydrogen-bond acceptors (Lipinski definition) is 3. The SMILES string of the molecule is CCCC(CCC)C(=O)OC1CC(C)(C)NC(C)(C)C1. The van der Waals surface area contributed by atoms with Gasteiger partial charge in [-0.2, -0.15) is 0 Å². The fourth-order valence-corrected chi connectivity index (χ4v) is 3.65. The van der Waals surface area contributed by atoms with Crippen LogP contribution in [0.15, 0.2) is 0 Å². The molecule has 0 saturated carbocycles. The van der Waals surface area contributed by atoms with E-state index in [2.05, 4.69) is 46.9 Å². The first-order chi connectivity index (χ1) is 9.19. The van der Waals surface area contributed by atoms with Gasteiger partial charge in [0.25, 0.3) is 0 Å². The number of piperidine rings is 1. The van der Waals surface area contributed by atoms with E-state index < -0.39 is 0 Å². The Morgan fingerprint density at radius 3 is 1.95 bits per heavy atom. The maximum atomic E-state index is 12.4. The molecule has 0 bridgehead atoms. The van der Waals surface area contributed by atoms with Gasteiger partial charge in [-0.3, -0.25) is 4.79 Å². The van der Waals surface area contributed by atoms with Crippen molar-refractivity contribution in [2.75, 3.05) is 0 Å². The highest BCUT2D eigenvalue weighted by Gasteiger charge is 2.39. The number of esters is 1. The normalized spacial score (nSPS) is 21.9. The van der Waals surface area contributed by atoms with Crippen LogP contribution in [0.5, 0.6) is 0 Å². The van der Waals surface area contributed by atoms with Crippen molar-refractivity contribution in [3.63, 3.8) is 0 Å². The summed E-state index contributed by atoms with van der Waals surface area (Å²) in [4.78, 5) is 12.4. The largest absolute Gasteiger partial charge is 0.462 e. The molecule has 0 atom stereocenters.